The zero-order chi connectivity index (χ0) is 11.0. The highest BCUT2D eigenvalue weighted by Gasteiger charge is 2.10. The van der Waals surface area contributed by atoms with Gasteiger partial charge >= 0.3 is 0 Å². The summed E-state index contributed by atoms with van der Waals surface area (Å²) in [6, 6.07) is 4.62. The van der Waals surface area contributed by atoms with Crippen LogP contribution >= 0.6 is 11.6 Å². The Morgan fingerprint density at radius 2 is 2.13 bits per heavy atom. The standard InChI is InChI=1S/C9H6ClN3O2/c1-5(14)13-8-3-2-6(9(10)15)4-7(8)11-12-13/h2-4H,1H3. The third-order valence-corrected chi connectivity index (χ3v) is 2.19. The molecule has 0 amide bonds. The van der Waals surface area contributed by atoms with Crippen LogP contribution < -0.4 is 0 Å². The molecule has 76 valence electrons. The van der Waals surface area contributed by atoms with Crippen LogP contribution in [0.15, 0.2) is 18.2 Å². The first-order chi connectivity index (χ1) is 7.09. The SMILES string of the molecule is CC(=O)n1nnc2cc(C(=O)Cl)ccc21. The lowest BCUT2D eigenvalue weighted by Crippen LogP contribution is -2.07. The summed E-state index contributed by atoms with van der Waals surface area (Å²) < 4.78 is 1.16. The molecule has 0 spiro atoms. The normalized spacial score (nSPS) is 10.5. The fourth-order valence-corrected chi connectivity index (χ4v) is 1.40. The van der Waals surface area contributed by atoms with E-state index >= 15 is 0 Å². The van der Waals surface area contributed by atoms with Gasteiger partial charge in [-0.25, -0.2) is 0 Å². The monoisotopic (exact) mass is 223 g/mol. The van der Waals surface area contributed by atoms with E-state index in [0.29, 0.717) is 16.6 Å². The van der Waals surface area contributed by atoms with Crippen LogP contribution in [-0.2, 0) is 0 Å². The van der Waals surface area contributed by atoms with Crippen molar-refractivity contribution in [2.24, 2.45) is 0 Å². The molecule has 0 bridgehead atoms. The van der Waals surface area contributed by atoms with Crippen molar-refractivity contribution in [3.63, 3.8) is 0 Å². The number of carbonyl (C=O) groups is 2. The number of halogens is 1. The molecule has 0 saturated heterocycles. The topological polar surface area (TPSA) is 64.8 Å². The second kappa shape index (κ2) is 3.43. The van der Waals surface area contributed by atoms with E-state index in [4.69, 9.17) is 11.6 Å². The minimum Gasteiger partial charge on any atom is -0.276 e. The predicted molar refractivity (Wildman–Crippen MR) is 54.0 cm³/mol. The Balaban J connectivity index is 2.66. The van der Waals surface area contributed by atoms with E-state index in [9.17, 15) is 9.59 Å². The van der Waals surface area contributed by atoms with Gasteiger partial charge in [-0.2, -0.15) is 4.68 Å². The van der Waals surface area contributed by atoms with Gasteiger partial charge in [0.2, 0.25) is 5.91 Å². The predicted octanol–water partition coefficient (Wildman–Crippen LogP) is 1.47. The lowest BCUT2D eigenvalue weighted by Gasteiger charge is -1.95. The first kappa shape index (κ1) is 9.79. The molecule has 0 aliphatic rings. The largest absolute Gasteiger partial charge is 0.276 e. The zero-order valence-corrected chi connectivity index (χ0v) is 8.52. The maximum Gasteiger partial charge on any atom is 0.252 e. The molecule has 2 aromatic rings. The molecule has 5 nitrogen and oxygen atoms in total. The third-order valence-electron chi connectivity index (χ3n) is 1.97. The average molecular weight is 224 g/mol. The Kier molecular flexibility index (Phi) is 2.24. The van der Waals surface area contributed by atoms with E-state index in [1.807, 2.05) is 0 Å². The van der Waals surface area contributed by atoms with Crippen molar-refractivity contribution >= 4 is 33.8 Å². The third kappa shape index (κ3) is 1.61. The summed E-state index contributed by atoms with van der Waals surface area (Å²) in [5.41, 5.74) is 1.36. The average Bonchev–Trinajstić information content (AvgIpc) is 2.59. The number of hydrogen-bond donors (Lipinski definition) is 0. The van der Waals surface area contributed by atoms with Crippen LogP contribution in [0.25, 0.3) is 11.0 Å². The van der Waals surface area contributed by atoms with Gasteiger partial charge in [-0.1, -0.05) is 5.21 Å². The highest BCUT2D eigenvalue weighted by atomic mass is 35.5. The molecule has 0 aliphatic heterocycles. The fraction of sp³-hybridized carbons (Fsp3) is 0.111. The van der Waals surface area contributed by atoms with Gasteiger partial charge in [-0.3, -0.25) is 9.59 Å². The van der Waals surface area contributed by atoms with Crippen LogP contribution in [0.1, 0.15) is 22.1 Å². The summed E-state index contributed by atoms with van der Waals surface area (Å²) in [6.45, 7) is 1.38. The van der Waals surface area contributed by atoms with Gasteiger partial charge in [0.15, 0.2) is 0 Å². The first-order valence-corrected chi connectivity index (χ1v) is 4.53. The van der Waals surface area contributed by atoms with Crippen molar-refractivity contribution in [1.82, 2.24) is 15.0 Å². The summed E-state index contributed by atoms with van der Waals surface area (Å²) in [6.07, 6.45) is 0. The van der Waals surface area contributed by atoms with Crippen molar-refractivity contribution in [3.05, 3.63) is 23.8 Å². The van der Waals surface area contributed by atoms with E-state index in [1.165, 1.54) is 19.1 Å². The Labute approximate surface area is 89.6 Å². The number of aromatic nitrogens is 3. The smallest absolute Gasteiger partial charge is 0.252 e. The number of nitrogens with zero attached hydrogens (tertiary/aromatic N) is 3. The van der Waals surface area contributed by atoms with Gasteiger partial charge in [0, 0.05) is 12.5 Å². The number of rotatable bonds is 1. The van der Waals surface area contributed by atoms with E-state index in [2.05, 4.69) is 10.3 Å². The van der Waals surface area contributed by atoms with Gasteiger partial charge in [0.1, 0.15) is 5.52 Å². The second-order valence-electron chi connectivity index (χ2n) is 3.00. The number of benzene rings is 1. The minimum absolute atomic E-state index is 0.234. The molecule has 0 N–H and O–H groups in total. The first-order valence-electron chi connectivity index (χ1n) is 4.16. The van der Waals surface area contributed by atoms with E-state index in [0.717, 1.165) is 4.68 Å². The summed E-state index contributed by atoms with van der Waals surface area (Å²) in [7, 11) is 0. The lowest BCUT2D eigenvalue weighted by molar-refractivity contribution is 0.0924. The maximum atomic E-state index is 11.1. The number of hydrogen-bond acceptors (Lipinski definition) is 4. The van der Waals surface area contributed by atoms with Crippen molar-refractivity contribution in [2.45, 2.75) is 6.92 Å². The van der Waals surface area contributed by atoms with Crippen LogP contribution in [0.4, 0.5) is 0 Å². The Bertz CT molecular complexity index is 561. The van der Waals surface area contributed by atoms with E-state index < -0.39 is 5.24 Å². The van der Waals surface area contributed by atoms with Crippen molar-refractivity contribution < 1.29 is 9.59 Å². The Hall–Kier alpha value is -1.75. The minimum atomic E-state index is -0.561. The molecular formula is C9H6ClN3O2. The Morgan fingerprint density at radius 1 is 1.40 bits per heavy atom. The van der Waals surface area contributed by atoms with Crippen LogP contribution in [0.2, 0.25) is 0 Å². The summed E-state index contributed by atoms with van der Waals surface area (Å²) in [5.74, 6) is -0.234. The molecule has 15 heavy (non-hydrogen) atoms. The summed E-state index contributed by atoms with van der Waals surface area (Å²) in [5, 5.41) is 6.86. The summed E-state index contributed by atoms with van der Waals surface area (Å²) in [4.78, 5) is 22.0. The second-order valence-corrected chi connectivity index (χ2v) is 3.34. The molecule has 2 rings (SSSR count). The van der Waals surface area contributed by atoms with Gasteiger partial charge in [0.05, 0.1) is 5.52 Å². The summed E-state index contributed by atoms with van der Waals surface area (Å²) >= 11 is 5.31. The molecule has 0 saturated carbocycles. The Morgan fingerprint density at radius 3 is 2.73 bits per heavy atom. The lowest BCUT2D eigenvalue weighted by atomic mass is 10.2. The molecule has 1 heterocycles. The molecule has 0 radical (unpaired) electrons. The molecule has 1 aromatic heterocycles. The molecule has 0 unspecified atom stereocenters. The number of fused-ring (bicyclic) bond motifs is 1. The van der Waals surface area contributed by atoms with E-state index in [1.54, 1.807) is 6.07 Å². The van der Waals surface area contributed by atoms with Crippen LogP contribution in [0, 0.1) is 0 Å². The molecule has 1 aromatic carbocycles. The molecule has 0 atom stereocenters. The van der Waals surface area contributed by atoms with Crippen LogP contribution in [0.3, 0.4) is 0 Å². The highest BCUT2D eigenvalue weighted by Crippen LogP contribution is 2.14. The van der Waals surface area contributed by atoms with Crippen molar-refractivity contribution in [2.75, 3.05) is 0 Å². The zero-order valence-electron chi connectivity index (χ0n) is 7.77. The maximum absolute atomic E-state index is 11.1. The van der Waals surface area contributed by atoms with E-state index in [-0.39, 0.29) is 5.91 Å². The van der Waals surface area contributed by atoms with Gasteiger partial charge in [-0.15, -0.1) is 5.10 Å². The molecular weight excluding hydrogens is 218 g/mol. The van der Waals surface area contributed by atoms with Crippen LogP contribution in [0.5, 0.6) is 0 Å². The molecule has 0 fully saturated rings. The van der Waals surface area contributed by atoms with Gasteiger partial charge in [-0.05, 0) is 29.8 Å². The van der Waals surface area contributed by atoms with Crippen LogP contribution in [-0.4, -0.2) is 26.1 Å². The quantitative estimate of drug-likeness (QED) is 0.687. The van der Waals surface area contributed by atoms with Gasteiger partial charge in [0.25, 0.3) is 5.24 Å². The van der Waals surface area contributed by atoms with Crippen molar-refractivity contribution in [1.29, 1.82) is 0 Å². The number of carbonyl (C=O) groups excluding carboxylic acids is 2. The molecule has 0 aliphatic carbocycles. The molecule has 6 heteroatoms. The fourth-order valence-electron chi connectivity index (χ4n) is 1.28. The van der Waals surface area contributed by atoms with Crippen molar-refractivity contribution in [3.8, 4) is 0 Å². The highest BCUT2D eigenvalue weighted by molar-refractivity contribution is 6.67. The van der Waals surface area contributed by atoms with Gasteiger partial charge < -0.3 is 0 Å².